The summed E-state index contributed by atoms with van der Waals surface area (Å²) in [5.41, 5.74) is 0.333. The summed E-state index contributed by atoms with van der Waals surface area (Å²) in [6.45, 7) is 2.88. The van der Waals surface area contributed by atoms with E-state index in [1.54, 1.807) is 23.1 Å². The fourth-order valence-electron chi connectivity index (χ4n) is 3.48. The molecule has 1 saturated heterocycles. The number of likely N-dealkylation sites (N-methyl/N-ethyl adjacent to an activating group) is 1. The zero-order chi connectivity index (χ0) is 21.3. The van der Waals surface area contributed by atoms with Crippen molar-refractivity contribution in [3.8, 4) is 0 Å². The van der Waals surface area contributed by atoms with Gasteiger partial charge in [0.2, 0.25) is 0 Å². The van der Waals surface area contributed by atoms with Gasteiger partial charge in [0.15, 0.2) is 0 Å². The van der Waals surface area contributed by atoms with Crippen LogP contribution < -0.4 is 4.90 Å². The van der Waals surface area contributed by atoms with Crippen LogP contribution in [-0.2, 0) is 11.2 Å². The second kappa shape index (κ2) is 8.64. The Bertz CT molecular complexity index is 916. The number of urea groups is 1. The third-order valence-electron chi connectivity index (χ3n) is 5.02. The second-order valence-electron chi connectivity index (χ2n) is 7.58. The Morgan fingerprint density at radius 2 is 1.62 bits per heavy atom. The summed E-state index contributed by atoms with van der Waals surface area (Å²) in [7, 11) is 3.87. The fraction of sp³-hybridized carbons (Fsp3) is 0.333. The van der Waals surface area contributed by atoms with E-state index < -0.39 is 5.54 Å². The third-order valence-corrected chi connectivity index (χ3v) is 5.98. The number of benzene rings is 2. The molecule has 1 heterocycles. The molecule has 1 fully saturated rings. The predicted molar refractivity (Wildman–Crippen MR) is 121 cm³/mol. The fourth-order valence-corrected chi connectivity index (χ4v) is 4.26. The molecule has 0 radical (unpaired) electrons. The Kier molecular flexibility index (Phi) is 6.58. The van der Waals surface area contributed by atoms with Crippen molar-refractivity contribution in [1.82, 2.24) is 9.80 Å². The molecule has 0 aromatic heterocycles. The smallest absolute Gasteiger partial charge is 0.308 e. The number of anilines is 1. The summed E-state index contributed by atoms with van der Waals surface area (Å²) in [6, 6.07) is 12.1. The summed E-state index contributed by atoms with van der Waals surface area (Å²) in [5.74, 6) is -0.289. The molecule has 8 heteroatoms. The predicted octanol–water partition coefficient (Wildman–Crippen LogP) is 5.09. The molecule has 2 aromatic rings. The van der Waals surface area contributed by atoms with Crippen molar-refractivity contribution < 1.29 is 9.59 Å². The zero-order valence-corrected chi connectivity index (χ0v) is 19.6. The maximum Gasteiger partial charge on any atom is 0.332 e. The summed E-state index contributed by atoms with van der Waals surface area (Å²) >= 11 is 15.7. The number of carbonyl (C=O) groups excluding carboxylic acids is 2. The van der Waals surface area contributed by atoms with Gasteiger partial charge in [-0.2, -0.15) is 0 Å². The molecule has 0 spiro atoms. The third kappa shape index (κ3) is 4.61. The molecular weight excluding hydrogens is 477 g/mol. The van der Waals surface area contributed by atoms with Crippen molar-refractivity contribution in [2.24, 2.45) is 0 Å². The minimum absolute atomic E-state index is 0.289. The van der Waals surface area contributed by atoms with Crippen molar-refractivity contribution in [3.63, 3.8) is 0 Å². The molecule has 0 aliphatic carbocycles. The lowest BCUT2D eigenvalue weighted by molar-refractivity contribution is -0.124. The lowest BCUT2D eigenvalue weighted by Gasteiger charge is -2.32. The number of hydrogen-bond donors (Lipinski definition) is 0. The van der Waals surface area contributed by atoms with E-state index in [0.29, 0.717) is 35.2 Å². The highest BCUT2D eigenvalue weighted by atomic mass is 79.9. The van der Waals surface area contributed by atoms with Gasteiger partial charge in [-0.1, -0.05) is 51.3 Å². The van der Waals surface area contributed by atoms with Crippen LogP contribution in [0.25, 0.3) is 0 Å². The first kappa shape index (κ1) is 22.1. The molecule has 29 heavy (non-hydrogen) atoms. The molecule has 3 rings (SSSR count). The van der Waals surface area contributed by atoms with Crippen LogP contribution in [0.5, 0.6) is 0 Å². The van der Waals surface area contributed by atoms with Gasteiger partial charge < -0.3 is 9.80 Å². The Balaban J connectivity index is 2.02. The quantitative estimate of drug-likeness (QED) is 0.521. The normalized spacial score (nSPS) is 19.6. The van der Waals surface area contributed by atoms with Crippen molar-refractivity contribution in [3.05, 3.63) is 62.5 Å². The van der Waals surface area contributed by atoms with Gasteiger partial charge in [0, 0.05) is 34.0 Å². The summed E-state index contributed by atoms with van der Waals surface area (Å²) in [5, 5.41) is 0.740. The first-order valence-electron chi connectivity index (χ1n) is 9.13. The van der Waals surface area contributed by atoms with Gasteiger partial charge in [0.25, 0.3) is 5.91 Å². The minimum Gasteiger partial charge on any atom is -0.308 e. The van der Waals surface area contributed by atoms with Gasteiger partial charge in [0.1, 0.15) is 5.54 Å². The number of nitrogens with zero attached hydrogens (tertiary/aromatic N) is 3. The van der Waals surface area contributed by atoms with Crippen LogP contribution in [0.15, 0.2) is 46.9 Å². The first-order chi connectivity index (χ1) is 13.6. The van der Waals surface area contributed by atoms with E-state index in [1.165, 1.54) is 4.90 Å². The standard InChI is InChI=1S/C21H22BrCl2N3O2/c1-21(13-14-4-6-15(22)7-5-14)19(28)27(18-11-16(23)10-17(24)12-18)20(29)26(21)9-8-25(2)3/h4-7,10-12H,8-9,13H2,1-3H3/t21-/m1/s1. The van der Waals surface area contributed by atoms with Crippen LogP contribution in [-0.4, -0.2) is 54.5 Å². The van der Waals surface area contributed by atoms with Crippen molar-refractivity contribution >= 4 is 56.8 Å². The van der Waals surface area contributed by atoms with Gasteiger partial charge >= 0.3 is 6.03 Å². The summed E-state index contributed by atoms with van der Waals surface area (Å²) in [4.78, 5) is 31.7. The Morgan fingerprint density at radius 1 is 1.03 bits per heavy atom. The van der Waals surface area contributed by atoms with Gasteiger partial charge in [-0.15, -0.1) is 0 Å². The van der Waals surface area contributed by atoms with E-state index in [4.69, 9.17) is 23.2 Å². The molecule has 5 nitrogen and oxygen atoms in total. The van der Waals surface area contributed by atoms with Crippen molar-refractivity contribution in [2.45, 2.75) is 18.9 Å². The van der Waals surface area contributed by atoms with E-state index in [0.717, 1.165) is 10.0 Å². The molecule has 0 bridgehead atoms. The van der Waals surface area contributed by atoms with E-state index in [2.05, 4.69) is 15.9 Å². The molecule has 0 N–H and O–H groups in total. The van der Waals surface area contributed by atoms with Gasteiger partial charge in [0.05, 0.1) is 5.69 Å². The molecule has 154 valence electrons. The average molecular weight is 499 g/mol. The van der Waals surface area contributed by atoms with Crippen LogP contribution in [0, 0.1) is 0 Å². The maximum atomic E-state index is 13.5. The molecular formula is C21H22BrCl2N3O2. The molecule has 2 aromatic carbocycles. The number of halogens is 3. The first-order valence-corrected chi connectivity index (χ1v) is 10.7. The molecule has 1 atom stereocenters. The number of amides is 3. The van der Waals surface area contributed by atoms with E-state index in [-0.39, 0.29) is 11.9 Å². The zero-order valence-electron chi connectivity index (χ0n) is 16.5. The highest BCUT2D eigenvalue weighted by molar-refractivity contribution is 9.10. The highest BCUT2D eigenvalue weighted by Crippen LogP contribution is 2.36. The monoisotopic (exact) mass is 497 g/mol. The molecule has 0 saturated carbocycles. The largest absolute Gasteiger partial charge is 0.332 e. The average Bonchev–Trinajstić information content (AvgIpc) is 2.80. The minimum atomic E-state index is -1.02. The van der Waals surface area contributed by atoms with Crippen LogP contribution in [0.3, 0.4) is 0 Å². The van der Waals surface area contributed by atoms with Crippen molar-refractivity contribution in [1.29, 1.82) is 0 Å². The summed E-state index contributed by atoms with van der Waals surface area (Å²) in [6.07, 6.45) is 0.406. The van der Waals surface area contributed by atoms with Gasteiger partial charge in [-0.3, -0.25) is 4.79 Å². The van der Waals surface area contributed by atoms with Crippen molar-refractivity contribution in [2.75, 3.05) is 32.1 Å². The lowest BCUT2D eigenvalue weighted by Crippen LogP contribution is -2.50. The number of rotatable bonds is 6. The number of hydrogen-bond acceptors (Lipinski definition) is 3. The van der Waals surface area contributed by atoms with E-state index in [1.807, 2.05) is 50.2 Å². The molecule has 1 aliphatic heterocycles. The van der Waals surface area contributed by atoms with Crippen LogP contribution in [0.2, 0.25) is 10.0 Å². The maximum absolute atomic E-state index is 13.5. The Morgan fingerprint density at radius 3 is 2.17 bits per heavy atom. The second-order valence-corrected chi connectivity index (χ2v) is 9.37. The highest BCUT2D eigenvalue weighted by Gasteiger charge is 2.54. The van der Waals surface area contributed by atoms with Gasteiger partial charge in [-0.25, -0.2) is 9.69 Å². The molecule has 0 unspecified atom stereocenters. The topological polar surface area (TPSA) is 43.9 Å². The molecule has 3 amide bonds. The van der Waals surface area contributed by atoms with E-state index in [9.17, 15) is 9.59 Å². The Hall–Kier alpha value is -1.60. The van der Waals surface area contributed by atoms with E-state index >= 15 is 0 Å². The van der Waals surface area contributed by atoms with Crippen LogP contribution >= 0.6 is 39.1 Å². The van der Waals surface area contributed by atoms with Gasteiger partial charge in [-0.05, 0) is 56.9 Å². The van der Waals surface area contributed by atoms with Crippen LogP contribution in [0.4, 0.5) is 10.5 Å². The summed E-state index contributed by atoms with van der Waals surface area (Å²) < 4.78 is 0.958. The number of imide groups is 1. The number of carbonyl (C=O) groups is 2. The Labute approximate surface area is 189 Å². The SMILES string of the molecule is CN(C)CCN1C(=O)N(c2cc(Cl)cc(Cl)c2)C(=O)[C@@]1(C)Cc1ccc(Br)cc1. The van der Waals surface area contributed by atoms with Crippen LogP contribution in [0.1, 0.15) is 12.5 Å². The lowest BCUT2D eigenvalue weighted by atomic mass is 9.91. The molecule has 1 aliphatic rings.